The molecule has 0 saturated heterocycles. The third kappa shape index (κ3) is 2.11. The summed E-state index contributed by atoms with van der Waals surface area (Å²) in [6.07, 6.45) is 3.93. The number of hydrogen-bond acceptors (Lipinski definition) is 2. The molecule has 0 unspecified atom stereocenters. The van der Waals surface area contributed by atoms with Crippen LogP contribution in [0, 0.1) is 0 Å². The minimum atomic E-state index is 0.760. The molecule has 1 aromatic carbocycles. The zero-order chi connectivity index (χ0) is 12.5. The van der Waals surface area contributed by atoms with Crippen LogP contribution in [-0.4, -0.2) is 9.55 Å². The van der Waals surface area contributed by atoms with Gasteiger partial charge in [-0.15, -0.1) is 0 Å². The minimum Gasteiger partial charge on any atom is -0.336 e. The summed E-state index contributed by atoms with van der Waals surface area (Å²) >= 11 is 7.59. The summed E-state index contributed by atoms with van der Waals surface area (Å²) in [5.41, 5.74) is 1.18. The van der Waals surface area contributed by atoms with E-state index in [9.17, 15) is 0 Å². The first-order valence-electron chi connectivity index (χ1n) is 5.57. The lowest BCUT2D eigenvalue weighted by molar-refractivity contribution is 0.890. The molecule has 2 heterocycles. The molecule has 18 heavy (non-hydrogen) atoms. The fourth-order valence-electron chi connectivity index (χ4n) is 1.86. The number of nitrogens with zero attached hydrogens (tertiary/aromatic N) is 2. The zero-order valence-electron chi connectivity index (χ0n) is 9.80. The van der Waals surface area contributed by atoms with Crippen LogP contribution in [0.1, 0.15) is 0 Å². The summed E-state index contributed by atoms with van der Waals surface area (Å²) in [6, 6.07) is 12.0. The fourth-order valence-corrected chi connectivity index (χ4v) is 2.88. The lowest BCUT2D eigenvalue weighted by Crippen LogP contribution is -1.95. The third-order valence-corrected chi connectivity index (χ3v) is 4.06. The number of benzene rings is 1. The van der Waals surface area contributed by atoms with E-state index in [1.54, 1.807) is 11.8 Å². The van der Waals surface area contributed by atoms with Crippen molar-refractivity contribution in [1.29, 1.82) is 0 Å². The molecule has 0 aliphatic carbocycles. The van der Waals surface area contributed by atoms with Crippen LogP contribution in [0.25, 0.3) is 11.4 Å². The summed E-state index contributed by atoms with van der Waals surface area (Å²) < 4.78 is 2.03. The second-order valence-electron chi connectivity index (χ2n) is 4.03. The number of fused-ring (bicyclic) bond motifs is 1. The average molecular weight is 275 g/mol. The highest BCUT2D eigenvalue weighted by molar-refractivity contribution is 7.99. The molecule has 0 N–H and O–H groups in total. The number of rotatable bonds is 2. The summed E-state index contributed by atoms with van der Waals surface area (Å²) in [6.45, 7) is 0. The topological polar surface area (TPSA) is 17.8 Å². The molecular weight excluding hydrogens is 264 g/mol. The number of aromatic nitrogens is 2. The fraction of sp³-hybridized carbons (Fsp3) is 0.0714. The highest BCUT2D eigenvalue weighted by atomic mass is 35.5. The molecule has 0 radical (unpaired) electrons. The number of pyridine rings is 1. The van der Waals surface area contributed by atoms with Crippen LogP contribution in [0.3, 0.4) is 0 Å². The smallest absolute Gasteiger partial charge is 0.140 e. The van der Waals surface area contributed by atoms with Gasteiger partial charge >= 0.3 is 0 Å². The highest BCUT2D eigenvalue weighted by Crippen LogP contribution is 2.36. The second-order valence-corrected chi connectivity index (χ2v) is 5.59. The van der Waals surface area contributed by atoms with Crippen molar-refractivity contribution in [2.24, 2.45) is 7.05 Å². The van der Waals surface area contributed by atoms with Crippen molar-refractivity contribution in [2.45, 2.75) is 9.79 Å². The van der Waals surface area contributed by atoms with Crippen molar-refractivity contribution in [3.05, 3.63) is 53.8 Å². The third-order valence-electron chi connectivity index (χ3n) is 2.76. The molecular formula is C14H11ClN2S. The first-order valence-corrected chi connectivity index (χ1v) is 6.77. The number of hydrogen-bond donors (Lipinski definition) is 0. The minimum absolute atomic E-state index is 0.760. The summed E-state index contributed by atoms with van der Waals surface area (Å²) in [4.78, 5) is 6.78. The van der Waals surface area contributed by atoms with E-state index in [0.29, 0.717) is 0 Å². The maximum Gasteiger partial charge on any atom is 0.140 e. The molecule has 3 rings (SSSR count). The predicted molar refractivity (Wildman–Crippen MR) is 75.4 cm³/mol. The molecule has 2 aliphatic heterocycles. The standard InChI is InChI=1S/C14H11ClN2S/c1-17-8-2-3-12-13(9-16-14(12)17)18-11-6-4-10(15)5-7-11/h2-9H,1H3. The molecule has 0 bridgehead atoms. The van der Waals surface area contributed by atoms with E-state index in [0.717, 1.165) is 10.8 Å². The van der Waals surface area contributed by atoms with Crippen LogP contribution in [0.15, 0.2) is 58.6 Å². The van der Waals surface area contributed by atoms with Gasteiger partial charge in [0, 0.05) is 39.8 Å². The van der Waals surface area contributed by atoms with E-state index in [1.807, 2.05) is 54.3 Å². The molecule has 2 nitrogen and oxygen atoms in total. The molecule has 2 aliphatic rings. The van der Waals surface area contributed by atoms with Gasteiger partial charge in [-0.05, 0) is 36.4 Å². The van der Waals surface area contributed by atoms with Crippen LogP contribution >= 0.6 is 23.4 Å². The van der Waals surface area contributed by atoms with Gasteiger partial charge in [-0.1, -0.05) is 23.4 Å². The Morgan fingerprint density at radius 2 is 1.94 bits per heavy atom. The van der Waals surface area contributed by atoms with Gasteiger partial charge in [-0.2, -0.15) is 0 Å². The van der Waals surface area contributed by atoms with E-state index >= 15 is 0 Å². The van der Waals surface area contributed by atoms with E-state index < -0.39 is 0 Å². The Morgan fingerprint density at radius 3 is 2.72 bits per heavy atom. The van der Waals surface area contributed by atoms with Crippen LogP contribution in [0.4, 0.5) is 0 Å². The van der Waals surface area contributed by atoms with Crippen LogP contribution in [0.5, 0.6) is 0 Å². The summed E-state index contributed by atoms with van der Waals surface area (Å²) in [5, 5.41) is 0.760. The number of aryl methyl sites for hydroxylation is 1. The van der Waals surface area contributed by atoms with Gasteiger partial charge in [-0.25, -0.2) is 4.98 Å². The molecule has 0 aromatic heterocycles. The zero-order valence-corrected chi connectivity index (χ0v) is 11.4. The van der Waals surface area contributed by atoms with Crippen molar-refractivity contribution < 1.29 is 0 Å². The van der Waals surface area contributed by atoms with E-state index in [4.69, 9.17) is 11.6 Å². The second kappa shape index (κ2) is 4.67. The molecule has 0 atom stereocenters. The molecule has 0 fully saturated rings. The van der Waals surface area contributed by atoms with Gasteiger partial charge in [0.15, 0.2) is 0 Å². The summed E-state index contributed by atoms with van der Waals surface area (Å²) in [7, 11) is 2.01. The van der Waals surface area contributed by atoms with Crippen LogP contribution in [-0.2, 0) is 7.05 Å². The first kappa shape index (κ1) is 11.6. The Kier molecular flexibility index (Phi) is 3.02. The Hall–Kier alpha value is -1.45. The predicted octanol–water partition coefficient (Wildman–Crippen LogP) is 4.33. The largest absolute Gasteiger partial charge is 0.336 e. The lowest BCUT2D eigenvalue weighted by Gasteiger charge is -2.06. The van der Waals surface area contributed by atoms with Crippen molar-refractivity contribution in [3.8, 4) is 11.4 Å². The molecule has 90 valence electrons. The molecule has 0 amide bonds. The Morgan fingerprint density at radius 1 is 1.17 bits per heavy atom. The van der Waals surface area contributed by atoms with Crippen molar-refractivity contribution in [1.82, 2.24) is 9.55 Å². The van der Waals surface area contributed by atoms with Gasteiger partial charge < -0.3 is 4.57 Å². The van der Waals surface area contributed by atoms with Crippen LogP contribution in [0.2, 0.25) is 5.02 Å². The maximum atomic E-state index is 5.88. The average Bonchev–Trinajstić information content (AvgIpc) is 2.77. The van der Waals surface area contributed by atoms with Crippen LogP contribution < -0.4 is 0 Å². The monoisotopic (exact) mass is 274 g/mol. The normalized spacial score (nSPS) is 11.0. The van der Waals surface area contributed by atoms with Gasteiger partial charge in [0.05, 0.1) is 0 Å². The number of halogens is 1. The molecule has 1 aromatic rings. The SMILES string of the molecule is Cn1cccc2c(Sc3ccc(Cl)cc3)cnc1-2. The highest BCUT2D eigenvalue weighted by Gasteiger charge is 2.13. The quantitative estimate of drug-likeness (QED) is 0.692. The van der Waals surface area contributed by atoms with Gasteiger partial charge in [0.2, 0.25) is 0 Å². The van der Waals surface area contributed by atoms with Gasteiger partial charge in [-0.3, -0.25) is 0 Å². The summed E-state index contributed by atoms with van der Waals surface area (Å²) in [5.74, 6) is 1.01. The van der Waals surface area contributed by atoms with E-state index in [2.05, 4.69) is 11.1 Å². The Bertz CT molecular complexity index is 645. The van der Waals surface area contributed by atoms with Crippen molar-refractivity contribution in [3.63, 3.8) is 0 Å². The Labute approximate surface area is 115 Å². The Balaban J connectivity index is 1.95. The first-order chi connectivity index (χ1) is 8.74. The maximum absolute atomic E-state index is 5.88. The molecule has 0 spiro atoms. The van der Waals surface area contributed by atoms with E-state index in [1.165, 1.54) is 15.4 Å². The van der Waals surface area contributed by atoms with E-state index in [-0.39, 0.29) is 0 Å². The lowest BCUT2D eigenvalue weighted by atomic mass is 10.2. The van der Waals surface area contributed by atoms with Crippen molar-refractivity contribution in [2.75, 3.05) is 0 Å². The van der Waals surface area contributed by atoms with Gasteiger partial charge in [0.25, 0.3) is 0 Å². The molecule has 0 saturated carbocycles. The van der Waals surface area contributed by atoms with Gasteiger partial charge in [0.1, 0.15) is 5.82 Å². The molecule has 4 heteroatoms. The van der Waals surface area contributed by atoms with Crippen molar-refractivity contribution >= 4 is 23.4 Å².